The van der Waals surface area contributed by atoms with Crippen LogP contribution in [0.4, 0.5) is 19.0 Å². The van der Waals surface area contributed by atoms with Crippen LogP contribution in [-0.4, -0.2) is 36.9 Å². The first kappa shape index (κ1) is 19.7. The van der Waals surface area contributed by atoms with Crippen molar-refractivity contribution >= 4 is 17.8 Å². The van der Waals surface area contributed by atoms with E-state index in [1.54, 1.807) is 0 Å². The fraction of sp³-hybridized carbons (Fsp3) is 0.0588. The minimum absolute atomic E-state index is 0.0181. The van der Waals surface area contributed by atoms with Crippen LogP contribution in [0.2, 0.25) is 0 Å². The number of aromatic amines is 1. The molecule has 0 aliphatic heterocycles. The summed E-state index contributed by atoms with van der Waals surface area (Å²) in [5.74, 6) is -3.77. The van der Waals surface area contributed by atoms with Gasteiger partial charge in [0, 0.05) is 11.8 Å². The summed E-state index contributed by atoms with van der Waals surface area (Å²) in [5.41, 5.74) is 1.82. The van der Waals surface area contributed by atoms with Gasteiger partial charge in [-0.1, -0.05) is 12.1 Å². The Labute approximate surface area is 158 Å². The number of alkyl halides is 3. The number of H-pyrrole nitrogens is 1. The van der Waals surface area contributed by atoms with Crippen LogP contribution in [0.15, 0.2) is 41.5 Å². The summed E-state index contributed by atoms with van der Waals surface area (Å²) in [4.78, 5) is 37.1. The van der Waals surface area contributed by atoms with E-state index in [4.69, 9.17) is 5.73 Å². The Kier molecular flexibility index (Phi) is 4.62. The number of halogens is 3. The second-order valence-corrected chi connectivity index (χ2v) is 5.82. The number of nitrogens with two attached hydrogens (primary N) is 1. The Hall–Kier alpha value is -4.09. The predicted octanol–water partition coefficient (Wildman–Crippen LogP) is 2.23. The highest BCUT2D eigenvalue weighted by Crippen LogP contribution is 2.31. The number of carboxylic acid groups (broad SMARTS) is 2. The van der Waals surface area contributed by atoms with Crippen LogP contribution < -0.4 is 11.3 Å². The number of benzene rings is 1. The summed E-state index contributed by atoms with van der Waals surface area (Å²) in [6, 6.07) is 5.07. The number of rotatable bonds is 4. The number of aromatic carboxylic acids is 2. The quantitative estimate of drug-likeness (QED) is 0.517. The highest BCUT2D eigenvalue weighted by atomic mass is 19.4. The normalized spacial score (nSPS) is 11.4. The highest BCUT2D eigenvalue weighted by Gasteiger charge is 2.32. The first-order valence-electron chi connectivity index (χ1n) is 7.75. The van der Waals surface area contributed by atoms with Gasteiger partial charge < -0.3 is 20.9 Å². The van der Waals surface area contributed by atoms with Crippen LogP contribution in [0.25, 0.3) is 16.8 Å². The van der Waals surface area contributed by atoms with Crippen molar-refractivity contribution in [3.05, 3.63) is 63.7 Å². The van der Waals surface area contributed by atoms with Crippen LogP contribution in [-0.2, 0) is 6.18 Å². The molecule has 1 aromatic carbocycles. The second kappa shape index (κ2) is 6.82. The molecule has 12 heteroatoms. The molecule has 0 spiro atoms. The molecule has 0 aliphatic rings. The predicted molar refractivity (Wildman–Crippen MR) is 93.0 cm³/mol. The largest absolute Gasteiger partial charge is 0.478 e. The summed E-state index contributed by atoms with van der Waals surface area (Å²) in [5, 5.41) is 22.4. The van der Waals surface area contributed by atoms with Gasteiger partial charge in [-0.2, -0.15) is 18.3 Å². The molecule has 0 fully saturated rings. The lowest BCUT2D eigenvalue weighted by molar-refractivity contribution is -0.137. The molecular formula is C17H11F3N4O5. The Morgan fingerprint density at radius 3 is 2.14 bits per heavy atom. The number of pyridine rings is 1. The average Bonchev–Trinajstić information content (AvgIpc) is 3.11. The highest BCUT2D eigenvalue weighted by molar-refractivity contribution is 6.07. The molecule has 0 unspecified atom stereocenters. The van der Waals surface area contributed by atoms with Crippen molar-refractivity contribution in [2.45, 2.75) is 6.18 Å². The van der Waals surface area contributed by atoms with E-state index in [9.17, 15) is 37.8 Å². The first-order chi connectivity index (χ1) is 13.5. The molecule has 0 saturated carbocycles. The molecule has 2 heterocycles. The molecule has 3 rings (SSSR count). The molecule has 2 aromatic heterocycles. The van der Waals surface area contributed by atoms with Gasteiger partial charge in [0.1, 0.15) is 16.9 Å². The van der Waals surface area contributed by atoms with E-state index >= 15 is 0 Å². The minimum Gasteiger partial charge on any atom is -0.478 e. The third kappa shape index (κ3) is 3.54. The molecule has 9 nitrogen and oxygen atoms in total. The molecular weight excluding hydrogens is 397 g/mol. The van der Waals surface area contributed by atoms with E-state index in [0.29, 0.717) is 6.20 Å². The number of hydrogen-bond acceptors (Lipinski definition) is 5. The SMILES string of the molecule is Nc1[nH]c(=O)c(C(=O)O)c(-c2ccc(-n3cc(C(F)(F)F)cn3)cc2)c1C(=O)O. The monoisotopic (exact) mass is 408 g/mol. The molecule has 0 amide bonds. The Balaban J connectivity index is 2.16. The van der Waals surface area contributed by atoms with Gasteiger partial charge in [-0.15, -0.1) is 0 Å². The molecule has 0 saturated heterocycles. The van der Waals surface area contributed by atoms with Crippen molar-refractivity contribution in [3.63, 3.8) is 0 Å². The number of nitrogens with one attached hydrogen (secondary N) is 1. The summed E-state index contributed by atoms with van der Waals surface area (Å²) < 4.78 is 39.1. The van der Waals surface area contributed by atoms with Crippen LogP contribution in [0.3, 0.4) is 0 Å². The maximum atomic E-state index is 12.7. The van der Waals surface area contributed by atoms with Crippen molar-refractivity contribution in [1.29, 1.82) is 0 Å². The Bertz CT molecular complexity index is 1180. The zero-order valence-electron chi connectivity index (χ0n) is 14.2. The molecule has 0 atom stereocenters. The summed E-state index contributed by atoms with van der Waals surface area (Å²) >= 11 is 0. The van der Waals surface area contributed by atoms with Crippen molar-refractivity contribution in [1.82, 2.24) is 14.8 Å². The molecule has 0 radical (unpaired) electrons. The standard InChI is InChI=1S/C17H11F3N4O5/c18-17(19,20)8-5-22-24(6-8)9-3-1-7(2-4-9)10-11(15(26)27)13(21)23-14(25)12(10)16(28)29/h1-6H,(H,26,27)(H,28,29)(H3,21,23,25). The van der Waals surface area contributed by atoms with Crippen LogP contribution in [0, 0.1) is 0 Å². The van der Waals surface area contributed by atoms with Gasteiger partial charge in [0.2, 0.25) is 0 Å². The van der Waals surface area contributed by atoms with Gasteiger partial charge in [-0.05, 0) is 17.7 Å². The molecule has 150 valence electrons. The lowest BCUT2D eigenvalue weighted by atomic mass is 9.95. The molecule has 5 N–H and O–H groups in total. The Morgan fingerprint density at radius 2 is 1.66 bits per heavy atom. The molecule has 3 aromatic rings. The fourth-order valence-corrected chi connectivity index (χ4v) is 2.73. The van der Waals surface area contributed by atoms with E-state index in [1.807, 2.05) is 4.98 Å². The number of anilines is 1. The van der Waals surface area contributed by atoms with Crippen LogP contribution in [0.1, 0.15) is 26.3 Å². The third-order valence-electron chi connectivity index (χ3n) is 4.00. The first-order valence-corrected chi connectivity index (χ1v) is 7.75. The lowest BCUT2D eigenvalue weighted by Gasteiger charge is -2.12. The van der Waals surface area contributed by atoms with Crippen LogP contribution in [0.5, 0.6) is 0 Å². The van der Waals surface area contributed by atoms with Gasteiger partial charge in [0.25, 0.3) is 5.56 Å². The molecule has 0 bridgehead atoms. The summed E-state index contributed by atoms with van der Waals surface area (Å²) in [7, 11) is 0. The van der Waals surface area contributed by atoms with Gasteiger partial charge in [0.05, 0.1) is 17.4 Å². The number of nitrogens with zero attached hydrogens (tertiary/aromatic N) is 2. The fourth-order valence-electron chi connectivity index (χ4n) is 2.73. The van der Waals surface area contributed by atoms with Crippen molar-refractivity contribution in [3.8, 4) is 16.8 Å². The third-order valence-corrected chi connectivity index (χ3v) is 4.00. The van der Waals surface area contributed by atoms with Gasteiger partial charge in [-0.3, -0.25) is 4.79 Å². The number of carbonyl (C=O) groups is 2. The van der Waals surface area contributed by atoms with E-state index in [1.165, 1.54) is 24.3 Å². The lowest BCUT2D eigenvalue weighted by Crippen LogP contribution is -2.24. The van der Waals surface area contributed by atoms with Crippen LogP contribution >= 0.6 is 0 Å². The van der Waals surface area contributed by atoms with Gasteiger partial charge in [0.15, 0.2) is 0 Å². The zero-order chi connectivity index (χ0) is 21.5. The minimum atomic E-state index is -4.58. The van der Waals surface area contributed by atoms with Crippen molar-refractivity contribution < 1.29 is 33.0 Å². The van der Waals surface area contributed by atoms with Gasteiger partial charge >= 0.3 is 18.1 Å². The maximum absolute atomic E-state index is 12.7. The van der Waals surface area contributed by atoms with E-state index in [-0.39, 0.29) is 11.3 Å². The number of nitrogen functional groups attached to an aromatic ring is 1. The second-order valence-electron chi connectivity index (χ2n) is 5.82. The Morgan fingerprint density at radius 1 is 1.07 bits per heavy atom. The smallest absolute Gasteiger partial charge is 0.419 e. The average molecular weight is 408 g/mol. The topological polar surface area (TPSA) is 151 Å². The zero-order valence-corrected chi connectivity index (χ0v) is 14.2. The molecule has 29 heavy (non-hydrogen) atoms. The van der Waals surface area contributed by atoms with E-state index < -0.39 is 51.7 Å². The summed E-state index contributed by atoms with van der Waals surface area (Å²) in [6.45, 7) is 0. The maximum Gasteiger partial charge on any atom is 0.419 e. The number of carboxylic acids is 2. The van der Waals surface area contributed by atoms with E-state index in [0.717, 1.165) is 10.9 Å². The summed E-state index contributed by atoms with van der Waals surface area (Å²) in [6.07, 6.45) is -3.18. The van der Waals surface area contributed by atoms with Crippen molar-refractivity contribution in [2.24, 2.45) is 0 Å². The van der Waals surface area contributed by atoms with Crippen molar-refractivity contribution in [2.75, 3.05) is 5.73 Å². The molecule has 0 aliphatic carbocycles. The number of aromatic nitrogens is 3. The van der Waals surface area contributed by atoms with Gasteiger partial charge in [-0.25, -0.2) is 14.3 Å². The van der Waals surface area contributed by atoms with E-state index in [2.05, 4.69) is 5.10 Å². The number of hydrogen-bond donors (Lipinski definition) is 4.